The molecule has 5 heteroatoms. The van der Waals surface area contributed by atoms with Gasteiger partial charge in [0.15, 0.2) is 0 Å². The number of rotatable bonds is 3. The van der Waals surface area contributed by atoms with Gasteiger partial charge in [0.05, 0.1) is 12.1 Å². The third-order valence-electron chi connectivity index (χ3n) is 6.17. The van der Waals surface area contributed by atoms with Gasteiger partial charge in [0.2, 0.25) is 5.91 Å². The van der Waals surface area contributed by atoms with Crippen LogP contribution in [-0.4, -0.2) is 19.0 Å². The van der Waals surface area contributed by atoms with Crippen LogP contribution in [0.15, 0.2) is 24.3 Å². The zero-order valence-electron chi connectivity index (χ0n) is 16.8. The van der Waals surface area contributed by atoms with Crippen LogP contribution in [0.1, 0.15) is 48.8 Å². The van der Waals surface area contributed by atoms with E-state index in [9.17, 15) is 10.1 Å². The minimum absolute atomic E-state index is 0.0424. The monoisotopic (exact) mass is 393 g/mol. The molecule has 1 unspecified atom stereocenters. The van der Waals surface area contributed by atoms with Crippen LogP contribution in [-0.2, 0) is 24.1 Å². The second kappa shape index (κ2) is 7.25. The van der Waals surface area contributed by atoms with E-state index >= 15 is 0 Å². The molecule has 4 nitrogen and oxygen atoms in total. The van der Waals surface area contributed by atoms with Gasteiger partial charge in [0, 0.05) is 17.1 Å². The zero-order chi connectivity index (χ0) is 19.9. The first-order chi connectivity index (χ1) is 13.4. The van der Waals surface area contributed by atoms with E-state index in [-0.39, 0.29) is 11.3 Å². The molecule has 0 saturated heterocycles. The average Bonchev–Trinajstić information content (AvgIpc) is 3.21. The van der Waals surface area contributed by atoms with E-state index in [0.717, 1.165) is 48.5 Å². The van der Waals surface area contributed by atoms with E-state index < -0.39 is 0 Å². The van der Waals surface area contributed by atoms with Crippen molar-refractivity contribution in [1.82, 2.24) is 0 Å². The summed E-state index contributed by atoms with van der Waals surface area (Å²) in [7, 11) is 0. The number of amides is 1. The van der Waals surface area contributed by atoms with Crippen molar-refractivity contribution in [2.45, 2.75) is 46.5 Å². The highest BCUT2D eigenvalue weighted by molar-refractivity contribution is 7.16. The van der Waals surface area contributed by atoms with Crippen LogP contribution < -0.4 is 10.2 Å². The zero-order valence-corrected chi connectivity index (χ0v) is 17.7. The highest BCUT2D eigenvalue weighted by Crippen LogP contribution is 2.44. The smallest absolute Gasteiger partial charge is 0.244 e. The molecule has 1 aliphatic carbocycles. The molecular formula is C23H27N3OS. The van der Waals surface area contributed by atoms with Gasteiger partial charge in [-0.05, 0) is 54.2 Å². The fourth-order valence-electron chi connectivity index (χ4n) is 4.44. The van der Waals surface area contributed by atoms with Crippen LogP contribution in [0, 0.1) is 22.7 Å². The molecule has 1 N–H and O–H groups in total. The van der Waals surface area contributed by atoms with Gasteiger partial charge in [0.25, 0.3) is 0 Å². The molecular weight excluding hydrogens is 366 g/mol. The lowest BCUT2D eigenvalue weighted by Gasteiger charge is -2.33. The lowest BCUT2D eigenvalue weighted by molar-refractivity contribution is -0.114. The summed E-state index contributed by atoms with van der Waals surface area (Å²) in [5.74, 6) is 0.578. The number of nitrogens with one attached hydrogen (secondary N) is 1. The summed E-state index contributed by atoms with van der Waals surface area (Å²) in [6.07, 6.45) is 4.04. The van der Waals surface area contributed by atoms with Gasteiger partial charge in [-0.1, -0.05) is 39.0 Å². The molecule has 0 fully saturated rings. The molecule has 0 bridgehead atoms. The number of carbonyl (C=O) groups excluding carboxylic acids is 1. The van der Waals surface area contributed by atoms with Crippen LogP contribution in [0.2, 0.25) is 0 Å². The fourth-order valence-corrected chi connectivity index (χ4v) is 5.74. The lowest BCUT2D eigenvalue weighted by atomic mass is 9.72. The Hall–Kier alpha value is -2.32. The van der Waals surface area contributed by atoms with Crippen LogP contribution >= 0.6 is 11.3 Å². The molecule has 2 heterocycles. The molecule has 1 aromatic carbocycles. The van der Waals surface area contributed by atoms with E-state index in [1.807, 2.05) is 12.1 Å². The molecule has 0 spiro atoms. The largest absolute Gasteiger partial charge is 0.362 e. The van der Waals surface area contributed by atoms with Crippen molar-refractivity contribution >= 4 is 27.9 Å². The summed E-state index contributed by atoms with van der Waals surface area (Å²) in [5.41, 5.74) is 4.56. The van der Waals surface area contributed by atoms with Gasteiger partial charge in [-0.2, -0.15) is 5.26 Å². The Morgan fingerprint density at radius 2 is 2.11 bits per heavy atom. The number of thiophene rings is 1. The number of benzene rings is 1. The maximum Gasteiger partial charge on any atom is 0.244 e. The third-order valence-corrected chi connectivity index (χ3v) is 7.34. The highest BCUT2D eigenvalue weighted by Gasteiger charge is 2.32. The molecule has 0 saturated carbocycles. The number of carbonyl (C=O) groups is 1. The minimum atomic E-state index is -0.0424. The van der Waals surface area contributed by atoms with Gasteiger partial charge in [-0.15, -0.1) is 11.3 Å². The minimum Gasteiger partial charge on any atom is -0.362 e. The van der Waals surface area contributed by atoms with E-state index in [1.54, 1.807) is 11.3 Å². The molecule has 1 amide bonds. The van der Waals surface area contributed by atoms with Crippen LogP contribution in [0.25, 0.3) is 0 Å². The first kappa shape index (κ1) is 19.0. The predicted octanol–water partition coefficient (Wildman–Crippen LogP) is 4.77. The summed E-state index contributed by atoms with van der Waals surface area (Å²) in [5, 5.41) is 13.5. The van der Waals surface area contributed by atoms with Gasteiger partial charge in [-0.3, -0.25) is 4.79 Å². The number of anilines is 2. The molecule has 0 radical (unpaired) electrons. The lowest BCUT2D eigenvalue weighted by Crippen LogP contribution is -2.31. The van der Waals surface area contributed by atoms with E-state index in [2.05, 4.69) is 49.2 Å². The van der Waals surface area contributed by atoms with Gasteiger partial charge >= 0.3 is 0 Å². The Morgan fingerprint density at radius 1 is 1.32 bits per heavy atom. The normalized spacial score (nSPS) is 18.4. The summed E-state index contributed by atoms with van der Waals surface area (Å²) in [4.78, 5) is 16.1. The topological polar surface area (TPSA) is 56.1 Å². The molecule has 1 aromatic heterocycles. The van der Waals surface area contributed by atoms with E-state index in [4.69, 9.17) is 0 Å². The second-order valence-electron chi connectivity index (χ2n) is 8.97. The van der Waals surface area contributed by atoms with Crippen molar-refractivity contribution in [2.75, 3.05) is 23.3 Å². The first-order valence-corrected chi connectivity index (χ1v) is 10.9. The number of nitrogens with zero attached hydrogens (tertiary/aromatic N) is 2. The quantitative estimate of drug-likeness (QED) is 0.817. The average molecular weight is 394 g/mol. The molecule has 2 aliphatic rings. The Labute approximate surface area is 171 Å². The van der Waals surface area contributed by atoms with Crippen LogP contribution in [0.4, 0.5) is 10.7 Å². The number of para-hydroxylation sites is 1. The Morgan fingerprint density at radius 3 is 2.86 bits per heavy atom. The number of hydrogen-bond donors (Lipinski definition) is 1. The molecule has 4 rings (SSSR count). The van der Waals surface area contributed by atoms with Crippen molar-refractivity contribution in [1.29, 1.82) is 5.26 Å². The summed E-state index contributed by atoms with van der Waals surface area (Å²) in [6, 6.07) is 10.6. The third kappa shape index (κ3) is 3.54. The summed E-state index contributed by atoms with van der Waals surface area (Å²) < 4.78 is 0. The summed E-state index contributed by atoms with van der Waals surface area (Å²) in [6.45, 7) is 8.06. The first-order valence-electron chi connectivity index (χ1n) is 10.0. The predicted molar refractivity (Wildman–Crippen MR) is 115 cm³/mol. The Kier molecular flexibility index (Phi) is 4.93. The van der Waals surface area contributed by atoms with Gasteiger partial charge < -0.3 is 10.2 Å². The fraction of sp³-hybridized carbons (Fsp3) is 0.478. The number of hydrogen-bond acceptors (Lipinski definition) is 4. The van der Waals surface area contributed by atoms with Crippen molar-refractivity contribution < 1.29 is 4.79 Å². The maximum atomic E-state index is 12.7. The maximum absolute atomic E-state index is 12.7. The SMILES string of the molecule is CC(C)(C)C1CCc2c(sc(NC(=O)CN3CCc4ccccc43)c2C#N)C1. The molecule has 28 heavy (non-hydrogen) atoms. The Balaban J connectivity index is 1.49. The standard InChI is InChI=1S/C23H27N3OS/c1-23(2,3)16-8-9-17-18(13-24)22(28-20(17)12-16)25-21(27)14-26-11-10-15-6-4-5-7-19(15)26/h4-7,16H,8-12,14H2,1-3H3,(H,25,27). The molecule has 2 aromatic rings. The molecule has 1 atom stereocenters. The van der Waals surface area contributed by atoms with Crippen molar-refractivity contribution in [3.8, 4) is 6.07 Å². The second-order valence-corrected chi connectivity index (χ2v) is 10.1. The number of fused-ring (bicyclic) bond motifs is 2. The van der Waals surface area contributed by atoms with Crippen LogP contribution in [0.3, 0.4) is 0 Å². The van der Waals surface area contributed by atoms with Gasteiger partial charge in [-0.25, -0.2) is 0 Å². The van der Waals surface area contributed by atoms with Crippen molar-refractivity contribution in [2.24, 2.45) is 11.3 Å². The van der Waals surface area contributed by atoms with Crippen LogP contribution in [0.5, 0.6) is 0 Å². The number of nitriles is 1. The molecule has 1 aliphatic heterocycles. The summed E-state index contributed by atoms with van der Waals surface area (Å²) >= 11 is 1.61. The van der Waals surface area contributed by atoms with E-state index in [1.165, 1.54) is 10.4 Å². The van der Waals surface area contributed by atoms with Crippen molar-refractivity contribution in [3.63, 3.8) is 0 Å². The van der Waals surface area contributed by atoms with E-state index in [0.29, 0.717) is 18.0 Å². The van der Waals surface area contributed by atoms with Gasteiger partial charge in [0.1, 0.15) is 11.1 Å². The highest BCUT2D eigenvalue weighted by atomic mass is 32.1. The Bertz CT molecular complexity index is 948. The van der Waals surface area contributed by atoms with Crippen molar-refractivity contribution in [3.05, 3.63) is 45.8 Å². The molecule has 146 valence electrons.